The summed E-state index contributed by atoms with van der Waals surface area (Å²) in [4.78, 5) is 27.5. The highest BCUT2D eigenvalue weighted by atomic mass is 35.5. The number of halogens is 4. The highest BCUT2D eigenvalue weighted by Crippen LogP contribution is 2.31. The highest BCUT2D eigenvalue weighted by Gasteiger charge is 2.47. The molecule has 0 spiro atoms. The van der Waals surface area contributed by atoms with Crippen LogP contribution in [0.3, 0.4) is 0 Å². The molecule has 0 aromatic rings. The minimum atomic E-state index is -4.32. The molecule has 0 radical (unpaired) electrons. The molecule has 0 bridgehead atoms. The van der Waals surface area contributed by atoms with E-state index in [2.05, 4.69) is 16.2 Å². The Hall–Kier alpha value is -1.10. The lowest BCUT2D eigenvalue weighted by Gasteiger charge is -2.43. The van der Waals surface area contributed by atoms with E-state index in [0.29, 0.717) is 39.0 Å². The fourth-order valence-corrected chi connectivity index (χ4v) is 4.23. The van der Waals surface area contributed by atoms with Crippen molar-refractivity contribution < 1.29 is 22.8 Å². The lowest BCUT2D eigenvalue weighted by molar-refractivity contribution is -0.175. The molecule has 3 aliphatic rings. The van der Waals surface area contributed by atoms with Crippen molar-refractivity contribution in [1.29, 1.82) is 0 Å². The van der Waals surface area contributed by atoms with Crippen molar-refractivity contribution in [1.82, 2.24) is 26.0 Å². The van der Waals surface area contributed by atoms with E-state index in [1.807, 2.05) is 4.90 Å². The first-order valence-corrected chi connectivity index (χ1v) is 9.19. The van der Waals surface area contributed by atoms with Crippen LogP contribution in [0.5, 0.6) is 0 Å². The van der Waals surface area contributed by atoms with Gasteiger partial charge in [-0.25, -0.2) is 5.43 Å². The second-order valence-corrected chi connectivity index (χ2v) is 7.50. The Morgan fingerprint density at radius 3 is 2.69 bits per heavy atom. The number of carbonyl (C=O) groups excluding carboxylic acids is 2. The monoisotopic (exact) mass is 397 g/mol. The van der Waals surface area contributed by atoms with E-state index in [4.69, 9.17) is 11.6 Å². The lowest BCUT2D eigenvalue weighted by atomic mass is 9.89. The smallest absolute Gasteiger partial charge is 0.340 e. The number of piperidine rings is 1. The van der Waals surface area contributed by atoms with Gasteiger partial charge in [-0.15, -0.1) is 11.6 Å². The summed E-state index contributed by atoms with van der Waals surface area (Å²) in [7, 11) is 0. The van der Waals surface area contributed by atoms with Crippen molar-refractivity contribution in [2.24, 2.45) is 5.92 Å². The highest BCUT2D eigenvalue weighted by molar-refractivity contribution is 6.31. The molecule has 3 saturated heterocycles. The van der Waals surface area contributed by atoms with Gasteiger partial charge >= 0.3 is 6.18 Å². The van der Waals surface area contributed by atoms with Crippen LogP contribution in [0, 0.1) is 5.92 Å². The van der Waals surface area contributed by atoms with Gasteiger partial charge in [0.25, 0.3) is 5.91 Å². The van der Waals surface area contributed by atoms with E-state index in [-0.39, 0.29) is 30.9 Å². The number of hydrazine groups is 1. The van der Waals surface area contributed by atoms with Crippen LogP contribution < -0.4 is 16.2 Å². The zero-order chi connectivity index (χ0) is 18.9. The number of rotatable bonds is 3. The number of nitrogens with zero attached hydrogens (tertiary/aromatic N) is 2. The topological polar surface area (TPSA) is 76.7 Å². The SMILES string of the molecule is O=C1NNCC(N2CCN(CC3CCCNC3C(F)(F)F)C(=O)C2)C1Cl. The zero-order valence-electron chi connectivity index (χ0n) is 14.2. The summed E-state index contributed by atoms with van der Waals surface area (Å²) in [5.74, 6) is -1.21. The molecule has 0 aromatic heterocycles. The third kappa shape index (κ3) is 4.24. The number of carbonyl (C=O) groups is 2. The van der Waals surface area contributed by atoms with Crippen LogP contribution in [0.1, 0.15) is 12.8 Å². The maximum Gasteiger partial charge on any atom is 0.404 e. The molecule has 3 heterocycles. The van der Waals surface area contributed by atoms with Crippen LogP contribution in [-0.4, -0.2) is 84.5 Å². The first-order valence-electron chi connectivity index (χ1n) is 8.76. The van der Waals surface area contributed by atoms with Crippen molar-refractivity contribution in [3.05, 3.63) is 0 Å². The normalized spacial score (nSPS) is 34.7. The van der Waals surface area contributed by atoms with Gasteiger partial charge in [0.1, 0.15) is 11.4 Å². The summed E-state index contributed by atoms with van der Waals surface area (Å²) in [6, 6.07) is -1.89. The zero-order valence-corrected chi connectivity index (χ0v) is 14.9. The van der Waals surface area contributed by atoms with Gasteiger partial charge in [-0.3, -0.25) is 19.9 Å². The van der Waals surface area contributed by atoms with Crippen LogP contribution in [0.4, 0.5) is 13.2 Å². The fourth-order valence-electron chi connectivity index (χ4n) is 3.92. The second kappa shape index (κ2) is 7.87. The Morgan fingerprint density at radius 2 is 2.00 bits per heavy atom. The van der Waals surface area contributed by atoms with Crippen molar-refractivity contribution >= 4 is 23.4 Å². The number of amides is 2. The Morgan fingerprint density at radius 1 is 1.23 bits per heavy atom. The van der Waals surface area contributed by atoms with Crippen molar-refractivity contribution in [3.63, 3.8) is 0 Å². The van der Waals surface area contributed by atoms with E-state index in [1.54, 1.807) is 0 Å². The molecule has 3 fully saturated rings. The molecule has 0 saturated carbocycles. The molecule has 3 N–H and O–H groups in total. The molecule has 4 unspecified atom stereocenters. The van der Waals surface area contributed by atoms with Gasteiger partial charge < -0.3 is 10.2 Å². The maximum atomic E-state index is 13.2. The molecule has 148 valence electrons. The summed E-state index contributed by atoms with van der Waals surface area (Å²) in [5.41, 5.74) is 5.18. The van der Waals surface area contributed by atoms with E-state index in [9.17, 15) is 22.8 Å². The molecule has 11 heteroatoms. The molecule has 0 aliphatic carbocycles. The fraction of sp³-hybridized carbons (Fsp3) is 0.867. The van der Waals surface area contributed by atoms with Crippen LogP contribution in [0.2, 0.25) is 0 Å². The molecule has 7 nitrogen and oxygen atoms in total. The standard InChI is InChI=1S/C15H23ClF3N5O2/c16-12-10(6-21-22-14(12)26)23-4-5-24(11(25)8-23)7-9-2-1-3-20-13(9)15(17,18)19/h9-10,12-13,20-21H,1-8H2,(H,22,26). The van der Waals surface area contributed by atoms with E-state index in [0.717, 1.165) is 0 Å². The van der Waals surface area contributed by atoms with Gasteiger partial charge in [0, 0.05) is 38.1 Å². The molecule has 26 heavy (non-hydrogen) atoms. The lowest BCUT2D eigenvalue weighted by Crippen LogP contribution is -2.65. The molecule has 3 rings (SSSR count). The molecular weight excluding hydrogens is 375 g/mol. The maximum absolute atomic E-state index is 13.2. The third-order valence-corrected chi connectivity index (χ3v) is 5.81. The van der Waals surface area contributed by atoms with E-state index >= 15 is 0 Å². The molecule has 2 amide bonds. The largest absolute Gasteiger partial charge is 0.404 e. The first kappa shape index (κ1) is 19.7. The van der Waals surface area contributed by atoms with Crippen molar-refractivity contribution in [3.8, 4) is 0 Å². The molecule has 4 atom stereocenters. The Bertz CT molecular complexity index is 550. The number of nitrogens with one attached hydrogen (secondary N) is 3. The van der Waals surface area contributed by atoms with Crippen molar-refractivity contribution in [2.45, 2.75) is 36.5 Å². The van der Waals surface area contributed by atoms with Crippen LogP contribution >= 0.6 is 11.6 Å². The van der Waals surface area contributed by atoms with Crippen molar-refractivity contribution in [2.75, 3.05) is 39.3 Å². The third-order valence-electron chi connectivity index (χ3n) is 5.32. The predicted molar refractivity (Wildman–Crippen MR) is 88.3 cm³/mol. The first-order chi connectivity index (χ1) is 12.3. The number of piperazine rings is 1. The van der Waals surface area contributed by atoms with E-state index < -0.39 is 23.5 Å². The minimum Gasteiger partial charge on any atom is -0.340 e. The van der Waals surface area contributed by atoms with Crippen LogP contribution in [0.15, 0.2) is 0 Å². The van der Waals surface area contributed by atoms with Gasteiger partial charge in [-0.05, 0) is 19.4 Å². The van der Waals surface area contributed by atoms with Crippen LogP contribution in [-0.2, 0) is 9.59 Å². The quantitative estimate of drug-likeness (QED) is 0.569. The molecular formula is C15H23ClF3N5O2. The van der Waals surface area contributed by atoms with Gasteiger partial charge in [-0.1, -0.05) is 0 Å². The average Bonchev–Trinajstić information content (AvgIpc) is 2.59. The predicted octanol–water partition coefficient (Wildman–Crippen LogP) is -0.328. The van der Waals surface area contributed by atoms with Gasteiger partial charge in [-0.2, -0.15) is 13.2 Å². The summed E-state index contributed by atoms with van der Waals surface area (Å²) in [6.45, 7) is 1.72. The summed E-state index contributed by atoms with van der Waals surface area (Å²) >= 11 is 6.12. The Balaban J connectivity index is 1.58. The molecule has 0 aromatic carbocycles. The summed E-state index contributed by atoms with van der Waals surface area (Å²) in [5, 5.41) is 1.77. The minimum absolute atomic E-state index is 0.0552. The summed E-state index contributed by atoms with van der Waals surface area (Å²) < 4.78 is 39.6. The molecule has 3 aliphatic heterocycles. The summed E-state index contributed by atoms with van der Waals surface area (Å²) in [6.07, 6.45) is -3.20. The van der Waals surface area contributed by atoms with Crippen LogP contribution in [0.25, 0.3) is 0 Å². The Kier molecular flexibility index (Phi) is 5.95. The van der Waals surface area contributed by atoms with Gasteiger partial charge in [0.2, 0.25) is 5.91 Å². The number of alkyl halides is 4. The van der Waals surface area contributed by atoms with Gasteiger partial charge in [0.05, 0.1) is 6.54 Å². The second-order valence-electron chi connectivity index (χ2n) is 7.03. The Labute approximate surface area is 154 Å². The number of hydrogen-bond donors (Lipinski definition) is 3. The van der Waals surface area contributed by atoms with E-state index in [1.165, 1.54) is 4.90 Å². The van der Waals surface area contributed by atoms with Gasteiger partial charge in [0.15, 0.2) is 0 Å². The average molecular weight is 398 g/mol. The number of hydrogen-bond acceptors (Lipinski definition) is 5.